The van der Waals surface area contributed by atoms with Crippen molar-refractivity contribution in [3.63, 3.8) is 0 Å². The quantitative estimate of drug-likeness (QED) is 0.274. The number of nitrogens with one attached hydrogen (secondary N) is 1. The molecule has 0 spiro atoms. The highest BCUT2D eigenvalue weighted by molar-refractivity contribution is 14.0. The van der Waals surface area contributed by atoms with Crippen LogP contribution in [-0.4, -0.2) is 74.7 Å². The monoisotopic (exact) mass is 480 g/mol. The third kappa shape index (κ3) is 7.58. The molecule has 0 saturated carbocycles. The van der Waals surface area contributed by atoms with Gasteiger partial charge in [-0.15, -0.1) is 24.0 Å². The third-order valence-corrected chi connectivity index (χ3v) is 5.25. The molecule has 0 amide bonds. The summed E-state index contributed by atoms with van der Waals surface area (Å²) in [5.41, 5.74) is 0. The Kier molecular flexibility index (Phi) is 11.5. The van der Waals surface area contributed by atoms with Gasteiger partial charge < -0.3 is 19.9 Å². The highest BCUT2D eigenvalue weighted by Gasteiger charge is 2.27. The fourth-order valence-corrected chi connectivity index (χ4v) is 3.83. The number of hydrogen-bond donors (Lipinski definition) is 1. The maximum absolute atomic E-state index is 11.9. The smallest absolute Gasteiger partial charge is 0.309 e. The van der Waals surface area contributed by atoms with E-state index < -0.39 is 0 Å². The number of piperidine rings is 2. The van der Waals surface area contributed by atoms with E-state index in [0.29, 0.717) is 12.5 Å². The molecule has 2 aliphatic rings. The predicted molar refractivity (Wildman–Crippen MR) is 117 cm³/mol. The molecule has 26 heavy (non-hydrogen) atoms. The molecule has 0 radical (unpaired) electrons. The van der Waals surface area contributed by atoms with Gasteiger partial charge in [-0.05, 0) is 51.6 Å². The number of rotatable bonds is 6. The van der Waals surface area contributed by atoms with Crippen LogP contribution in [0, 0.1) is 11.8 Å². The number of esters is 1. The van der Waals surface area contributed by atoms with Gasteiger partial charge in [0.1, 0.15) is 0 Å². The lowest BCUT2D eigenvalue weighted by Gasteiger charge is -2.34. The molecular weight excluding hydrogens is 443 g/mol. The summed E-state index contributed by atoms with van der Waals surface area (Å²) in [6.07, 6.45) is 5.78. The lowest BCUT2D eigenvalue weighted by molar-refractivity contribution is -0.149. The molecular formula is C19H37IN4O2. The summed E-state index contributed by atoms with van der Waals surface area (Å²) in [4.78, 5) is 21.1. The Morgan fingerprint density at radius 1 is 1.19 bits per heavy atom. The summed E-state index contributed by atoms with van der Waals surface area (Å²) < 4.78 is 5.15. The Labute approximate surface area is 176 Å². The minimum absolute atomic E-state index is 0. The normalized spacial score (nSPS) is 21.0. The maximum Gasteiger partial charge on any atom is 0.309 e. The first-order valence-corrected chi connectivity index (χ1v) is 9.98. The number of likely N-dealkylation sites (tertiary alicyclic amines) is 2. The predicted octanol–water partition coefficient (Wildman–Crippen LogP) is 2.58. The lowest BCUT2D eigenvalue weighted by atomic mass is 9.97. The van der Waals surface area contributed by atoms with Crippen molar-refractivity contribution in [2.24, 2.45) is 16.8 Å². The standard InChI is InChI=1S/C19H36N4O2.HI/c1-4-25-18(24)17-8-12-23(13-9-17)19(20-3)21-14-16(2)15-22-10-6-5-7-11-22;/h16-17H,4-15H2,1-3H3,(H,20,21);1H. The number of carbonyl (C=O) groups is 1. The first kappa shape index (κ1) is 23.5. The Morgan fingerprint density at radius 2 is 1.85 bits per heavy atom. The second-order valence-corrected chi connectivity index (χ2v) is 7.41. The van der Waals surface area contributed by atoms with Crippen LogP contribution in [0.2, 0.25) is 0 Å². The Balaban J connectivity index is 0.00000338. The van der Waals surface area contributed by atoms with Crippen LogP contribution in [0.4, 0.5) is 0 Å². The highest BCUT2D eigenvalue weighted by Crippen LogP contribution is 2.19. The van der Waals surface area contributed by atoms with Crippen molar-refractivity contribution in [1.29, 1.82) is 0 Å². The van der Waals surface area contributed by atoms with Crippen molar-refractivity contribution in [1.82, 2.24) is 15.1 Å². The summed E-state index contributed by atoms with van der Waals surface area (Å²) in [6.45, 7) is 11.0. The zero-order valence-corrected chi connectivity index (χ0v) is 19.0. The number of carbonyl (C=O) groups excluding carboxylic acids is 1. The summed E-state index contributed by atoms with van der Waals surface area (Å²) in [7, 11) is 1.84. The van der Waals surface area contributed by atoms with Gasteiger partial charge >= 0.3 is 5.97 Å². The molecule has 1 atom stereocenters. The van der Waals surface area contributed by atoms with Crippen molar-refractivity contribution in [2.45, 2.75) is 46.0 Å². The summed E-state index contributed by atoms with van der Waals surface area (Å²) in [5, 5.41) is 3.53. The van der Waals surface area contributed by atoms with Crippen molar-refractivity contribution in [2.75, 3.05) is 52.9 Å². The number of aliphatic imine (C=N–C) groups is 1. The second-order valence-electron chi connectivity index (χ2n) is 7.41. The molecule has 1 N–H and O–H groups in total. The molecule has 152 valence electrons. The topological polar surface area (TPSA) is 57.2 Å². The molecule has 2 fully saturated rings. The molecule has 0 aliphatic carbocycles. The number of hydrogen-bond acceptors (Lipinski definition) is 4. The average molecular weight is 480 g/mol. The van der Waals surface area contributed by atoms with Crippen LogP contribution in [0.1, 0.15) is 46.0 Å². The van der Waals surface area contributed by atoms with Crippen LogP contribution in [-0.2, 0) is 9.53 Å². The van der Waals surface area contributed by atoms with E-state index in [1.54, 1.807) is 0 Å². The maximum atomic E-state index is 11.9. The first-order valence-electron chi connectivity index (χ1n) is 9.98. The van der Waals surface area contributed by atoms with Gasteiger partial charge in [0.15, 0.2) is 5.96 Å². The van der Waals surface area contributed by atoms with E-state index in [0.717, 1.165) is 45.0 Å². The number of ether oxygens (including phenoxy) is 1. The van der Waals surface area contributed by atoms with Gasteiger partial charge in [0.25, 0.3) is 0 Å². The third-order valence-electron chi connectivity index (χ3n) is 5.25. The molecule has 0 aromatic heterocycles. The van der Waals surface area contributed by atoms with Crippen LogP contribution in [0.25, 0.3) is 0 Å². The van der Waals surface area contributed by atoms with E-state index in [1.807, 2.05) is 14.0 Å². The molecule has 2 rings (SSSR count). The molecule has 0 aromatic rings. The van der Waals surface area contributed by atoms with Gasteiger partial charge in [-0.1, -0.05) is 13.3 Å². The Morgan fingerprint density at radius 3 is 2.42 bits per heavy atom. The minimum atomic E-state index is -0.0414. The lowest BCUT2D eigenvalue weighted by Crippen LogP contribution is -2.48. The molecule has 2 heterocycles. The number of nitrogens with zero attached hydrogens (tertiary/aromatic N) is 3. The zero-order valence-electron chi connectivity index (χ0n) is 16.7. The fraction of sp³-hybridized carbons (Fsp3) is 0.895. The van der Waals surface area contributed by atoms with E-state index in [1.165, 1.54) is 32.4 Å². The van der Waals surface area contributed by atoms with E-state index in [9.17, 15) is 4.79 Å². The molecule has 0 bridgehead atoms. The average Bonchev–Trinajstić information content (AvgIpc) is 2.64. The van der Waals surface area contributed by atoms with E-state index in [4.69, 9.17) is 4.74 Å². The highest BCUT2D eigenvalue weighted by atomic mass is 127. The van der Waals surface area contributed by atoms with Crippen LogP contribution in [0.3, 0.4) is 0 Å². The fourth-order valence-electron chi connectivity index (χ4n) is 3.83. The van der Waals surface area contributed by atoms with E-state index in [2.05, 4.69) is 27.0 Å². The van der Waals surface area contributed by atoms with Crippen LogP contribution < -0.4 is 5.32 Å². The molecule has 6 nitrogen and oxygen atoms in total. The van der Waals surface area contributed by atoms with Gasteiger partial charge in [0, 0.05) is 33.2 Å². The first-order chi connectivity index (χ1) is 12.1. The van der Waals surface area contributed by atoms with E-state index >= 15 is 0 Å². The van der Waals surface area contributed by atoms with Crippen LogP contribution >= 0.6 is 24.0 Å². The Bertz CT molecular complexity index is 433. The van der Waals surface area contributed by atoms with Gasteiger partial charge in [-0.25, -0.2) is 0 Å². The van der Waals surface area contributed by atoms with E-state index in [-0.39, 0.29) is 35.9 Å². The SMILES string of the molecule is CCOC(=O)C1CCN(C(=NC)NCC(C)CN2CCCCC2)CC1.I. The largest absolute Gasteiger partial charge is 0.466 e. The summed E-state index contributed by atoms with van der Waals surface area (Å²) >= 11 is 0. The van der Waals surface area contributed by atoms with Crippen molar-refractivity contribution in [3.8, 4) is 0 Å². The number of guanidine groups is 1. The Hall–Kier alpha value is -0.570. The molecule has 0 aromatic carbocycles. The van der Waals surface area contributed by atoms with Crippen molar-refractivity contribution >= 4 is 35.9 Å². The minimum Gasteiger partial charge on any atom is -0.466 e. The van der Waals surface area contributed by atoms with Gasteiger partial charge in [-0.2, -0.15) is 0 Å². The van der Waals surface area contributed by atoms with Crippen molar-refractivity contribution < 1.29 is 9.53 Å². The van der Waals surface area contributed by atoms with Gasteiger partial charge in [0.05, 0.1) is 12.5 Å². The summed E-state index contributed by atoms with van der Waals surface area (Å²) in [6, 6.07) is 0. The van der Waals surface area contributed by atoms with Crippen LogP contribution in [0.15, 0.2) is 4.99 Å². The molecule has 2 saturated heterocycles. The van der Waals surface area contributed by atoms with Crippen LogP contribution in [0.5, 0.6) is 0 Å². The van der Waals surface area contributed by atoms with Gasteiger partial charge in [0.2, 0.25) is 0 Å². The van der Waals surface area contributed by atoms with Crippen molar-refractivity contribution in [3.05, 3.63) is 0 Å². The second kappa shape index (κ2) is 12.8. The number of halogens is 1. The molecule has 1 unspecified atom stereocenters. The van der Waals surface area contributed by atoms with Gasteiger partial charge in [-0.3, -0.25) is 9.79 Å². The summed E-state index contributed by atoms with van der Waals surface area (Å²) in [5.74, 6) is 1.58. The zero-order chi connectivity index (χ0) is 18.1. The molecule has 7 heteroatoms. The molecule has 2 aliphatic heterocycles.